The Bertz CT molecular complexity index is 742. The van der Waals surface area contributed by atoms with Crippen LogP contribution in [0.3, 0.4) is 0 Å². The summed E-state index contributed by atoms with van der Waals surface area (Å²) in [6.07, 6.45) is 3.29. The minimum atomic E-state index is -0.0611. The molecule has 1 aliphatic heterocycles. The summed E-state index contributed by atoms with van der Waals surface area (Å²) in [6.45, 7) is 4.65. The van der Waals surface area contributed by atoms with Gasteiger partial charge in [-0.05, 0) is 49.4 Å². The van der Waals surface area contributed by atoms with Crippen molar-refractivity contribution in [3.8, 4) is 5.75 Å². The molecule has 1 heterocycles. The van der Waals surface area contributed by atoms with Gasteiger partial charge in [0.15, 0.2) is 0 Å². The van der Waals surface area contributed by atoms with Crippen molar-refractivity contribution in [3.63, 3.8) is 0 Å². The van der Waals surface area contributed by atoms with E-state index < -0.39 is 0 Å². The van der Waals surface area contributed by atoms with Gasteiger partial charge in [0, 0.05) is 25.3 Å². The molecule has 0 aliphatic carbocycles. The molecular weight excluding hydrogens is 312 g/mol. The van der Waals surface area contributed by atoms with Crippen LogP contribution in [-0.4, -0.2) is 32.7 Å². The minimum Gasteiger partial charge on any atom is -0.496 e. The first kappa shape index (κ1) is 17.3. The number of fused-ring (bicyclic) bond motifs is 1. The zero-order chi connectivity index (χ0) is 17.6. The second-order valence-corrected chi connectivity index (χ2v) is 6.48. The second-order valence-electron chi connectivity index (χ2n) is 6.48. The lowest BCUT2D eigenvalue weighted by atomic mass is 10.0. The molecule has 0 unspecified atom stereocenters. The van der Waals surface area contributed by atoms with E-state index in [0.717, 1.165) is 31.5 Å². The van der Waals surface area contributed by atoms with Crippen molar-refractivity contribution in [2.24, 2.45) is 0 Å². The smallest absolute Gasteiger partial charge is 0.255 e. The maximum atomic E-state index is 12.5. The third-order valence-electron chi connectivity index (χ3n) is 4.78. The van der Waals surface area contributed by atoms with Gasteiger partial charge in [-0.25, -0.2) is 0 Å². The van der Waals surface area contributed by atoms with Gasteiger partial charge in [-0.1, -0.05) is 30.3 Å². The Labute approximate surface area is 149 Å². The molecule has 0 saturated carbocycles. The first-order valence-electron chi connectivity index (χ1n) is 8.95. The van der Waals surface area contributed by atoms with Crippen LogP contribution in [0, 0.1) is 6.92 Å². The van der Waals surface area contributed by atoms with E-state index in [1.807, 2.05) is 25.1 Å². The van der Waals surface area contributed by atoms with E-state index >= 15 is 0 Å². The summed E-state index contributed by atoms with van der Waals surface area (Å²) >= 11 is 0. The number of anilines is 1. The first-order valence-corrected chi connectivity index (χ1v) is 8.95. The molecule has 4 nitrogen and oxygen atoms in total. The van der Waals surface area contributed by atoms with Crippen LogP contribution >= 0.6 is 0 Å². The van der Waals surface area contributed by atoms with Crippen molar-refractivity contribution in [1.82, 2.24) is 5.32 Å². The molecule has 2 aromatic carbocycles. The molecule has 1 N–H and O–H groups in total. The third-order valence-corrected chi connectivity index (χ3v) is 4.78. The molecule has 0 saturated heterocycles. The Balaban J connectivity index is 1.54. The van der Waals surface area contributed by atoms with E-state index in [2.05, 4.69) is 34.5 Å². The van der Waals surface area contributed by atoms with Gasteiger partial charge in [0.25, 0.3) is 5.91 Å². The Morgan fingerprint density at radius 1 is 1.20 bits per heavy atom. The van der Waals surface area contributed by atoms with Gasteiger partial charge in [0.05, 0.1) is 12.7 Å². The van der Waals surface area contributed by atoms with E-state index in [9.17, 15) is 4.79 Å². The van der Waals surface area contributed by atoms with E-state index in [1.165, 1.54) is 17.7 Å². The number of amides is 1. The highest BCUT2D eigenvalue weighted by molar-refractivity contribution is 5.98. The van der Waals surface area contributed by atoms with Crippen molar-refractivity contribution < 1.29 is 9.53 Å². The average Bonchev–Trinajstić information content (AvgIpc) is 2.64. The monoisotopic (exact) mass is 338 g/mol. The quantitative estimate of drug-likeness (QED) is 0.819. The van der Waals surface area contributed by atoms with Crippen LogP contribution in [-0.2, 0) is 6.42 Å². The van der Waals surface area contributed by atoms with E-state index in [1.54, 1.807) is 7.11 Å². The van der Waals surface area contributed by atoms with Crippen LogP contribution < -0.4 is 15.0 Å². The first-order chi connectivity index (χ1) is 12.2. The van der Waals surface area contributed by atoms with Gasteiger partial charge < -0.3 is 15.0 Å². The van der Waals surface area contributed by atoms with E-state index in [4.69, 9.17) is 4.74 Å². The summed E-state index contributed by atoms with van der Waals surface area (Å²) in [5.41, 5.74) is 4.35. The number of nitrogens with zero attached hydrogens (tertiary/aromatic N) is 1. The number of nitrogens with one attached hydrogen (secondary N) is 1. The van der Waals surface area contributed by atoms with Crippen LogP contribution in [0.4, 0.5) is 5.69 Å². The lowest BCUT2D eigenvalue weighted by Crippen LogP contribution is -2.33. The standard InChI is InChI=1S/C21H26N2O2/c1-16-8-5-12-19(25-2)20(16)21(24)22-13-7-15-23-14-6-10-17-9-3-4-11-18(17)23/h3-5,8-9,11-12H,6-7,10,13-15H2,1-2H3,(H,22,24). The molecule has 0 aromatic heterocycles. The number of ether oxygens (including phenoxy) is 1. The van der Waals surface area contributed by atoms with Crippen LogP contribution in [0.5, 0.6) is 5.75 Å². The fourth-order valence-electron chi connectivity index (χ4n) is 3.51. The molecule has 0 bridgehead atoms. The molecular formula is C21H26N2O2. The average molecular weight is 338 g/mol. The Morgan fingerprint density at radius 3 is 2.88 bits per heavy atom. The zero-order valence-corrected chi connectivity index (χ0v) is 15.0. The molecule has 0 spiro atoms. The molecule has 25 heavy (non-hydrogen) atoms. The van der Waals surface area contributed by atoms with Crippen molar-refractivity contribution >= 4 is 11.6 Å². The highest BCUT2D eigenvalue weighted by Gasteiger charge is 2.17. The SMILES string of the molecule is COc1cccc(C)c1C(=O)NCCCN1CCCc2ccccc21. The Hall–Kier alpha value is -2.49. The molecule has 4 heteroatoms. The summed E-state index contributed by atoms with van der Waals surface area (Å²) < 4.78 is 5.32. The highest BCUT2D eigenvalue weighted by Crippen LogP contribution is 2.26. The number of carbonyl (C=O) groups is 1. The van der Waals surface area contributed by atoms with Crippen molar-refractivity contribution in [2.75, 3.05) is 31.6 Å². The maximum absolute atomic E-state index is 12.5. The van der Waals surface area contributed by atoms with Crippen molar-refractivity contribution in [1.29, 1.82) is 0 Å². The van der Waals surface area contributed by atoms with Crippen LogP contribution in [0.1, 0.15) is 34.3 Å². The largest absolute Gasteiger partial charge is 0.496 e. The molecule has 1 amide bonds. The molecule has 0 radical (unpaired) electrons. The van der Waals surface area contributed by atoms with Gasteiger partial charge in [-0.3, -0.25) is 4.79 Å². The summed E-state index contributed by atoms with van der Waals surface area (Å²) in [5.74, 6) is 0.566. The molecule has 0 atom stereocenters. The van der Waals surface area contributed by atoms with Crippen LogP contribution in [0.2, 0.25) is 0 Å². The van der Waals surface area contributed by atoms with Crippen molar-refractivity contribution in [2.45, 2.75) is 26.2 Å². The number of hydrogen-bond acceptors (Lipinski definition) is 3. The predicted molar refractivity (Wildman–Crippen MR) is 102 cm³/mol. The second kappa shape index (κ2) is 8.06. The van der Waals surface area contributed by atoms with Gasteiger partial charge in [-0.15, -0.1) is 0 Å². The third kappa shape index (κ3) is 3.95. The summed E-state index contributed by atoms with van der Waals surface area (Å²) in [4.78, 5) is 14.9. The lowest BCUT2D eigenvalue weighted by molar-refractivity contribution is 0.0949. The highest BCUT2D eigenvalue weighted by atomic mass is 16.5. The fourth-order valence-corrected chi connectivity index (χ4v) is 3.51. The lowest BCUT2D eigenvalue weighted by Gasteiger charge is -2.31. The summed E-state index contributed by atoms with van der Waals surface area (Å²) in [6, 6.07) is 14.3. The van der Waals surface area contributed by atoms with Crippen LogP contribution in [0.15, 0.2) is 42.5 Å². The summed E-state index contributed by atoms with van der Waals surface area (Å²) in [5, 5.41) is 3.03. The number of benzene rings is 2. The number of carbonyl (C=O) groups excluding carboxylic acids is 1. The van der Waals surface area contributed by atoms with E-state index in [-0.39, 0.29) is 5.91 Å². The minimum absolute atomic E-state index is 0.0611. The Morgan fingerprint density at radius 2 is 2.04 bits per heavy atom. The zero-order valence-electron chi connectivity index (χ0n) is 15.0. The molecule has 1 aliphatic rings. The molecule has 3 rings (SSSR count). The van der Waals surface area contributed by atoms with Gasteiger partial charge >= 0.3 is 0 Å². The van der Waals surface area contributed by atoms with Crippen LogP contribution in [0.25, 0.3) is 0 Å². The molecule has 0 fully saturated rings. The number of methoxy groups -OCH3 is 1. The van der Waals surface area contributed by atoms with Crippen molar-refractivity contribution in [3.05, 3.63) is 59.2 Å². The topological polar surface area (TPSA) is 41.6 Å². The van der Waals surface area contributed by atoms with Gasteiger partial charge in [0.1, 0.15) is 5.75 Å². The Kier molecular flexibility index (Phi) is 5.59. The molecule has 2 aromatic rings. The number of para-hydroxylation sites is 1. The van der Waals surface area contributed by atoms with Gasteiger partial charge in [0.2, 0.25) is 0 Å². The number of hydrogen-bond donors (Lipinski definition) is 1. The van der Waals surface area contributed by atoms with E-state index in [0.29, 0.717) is 17.9 Å². The number of rotatable bonds is 6. The summed E-state index contributed by atoms with van der Waals surface area (Å²) in [7, 11) is 1.60. The maximum Gasteiger partial charge on any atom is 0.255 e. The molecule has 132 valence electrons. The normalized spacial score (nSPS) is 13.3. The fraction of sp³-hybridized carbons (Fsp3) is 0.381. The number of aryl methyl sites for hydroxylation is 2. The predicted octanol–water partition coefficient (Wildman–Crippen LogP) is 3.58. The van der Waals surface area contributed by atoms with Gasteiger partial charge in [-0.2, -0.15) is 0 Å².